The highest BCUT2D eigenvalue weighted by molar-refractivity contribution is 9.10. The number of carbonyl (C=O) groups is 2. The van der Waals surface area contributed by atoms with E-state index in [2.05, 4.69) is 27.8 Å². The largest absolute Gasteiger partial charge is 0.493 e. The summed E-state index contributed by atoms with van der Waals surface area (Å²) in [5.41, 5.74) is 1.25. The van der Waals surface area contributed by atoms with Crippen LogP contribution < -0.4 is 14.8 Å². The minimum atomic E-state index is -0.585. The van der Waals surface area contributed by atoms with E-state index >= 15 is 0 Å². The zero-order valence-corrected chi connectivity index (χ0v) is 18.9. The first kappa shape index (κ1) is 22.6. The third-order valence-corrected chi connectivity index (χ3v) is 5.40. The summed E-state index contributed by atoms with van der Waals surface area (Å²) in [5.74, 6) is -0.585. The molecule has 0 aliphatic carbocycles. The van der Waals surface area contributed by atoms with Gasteiger partial charge in [-0.1, -0.05) is 34.1 Å². The lowest BCUT2D eigenvalue weighted by molar-refractivity contribution is -0.128. The number of benzene rings is 2. The van der Waals surface area contributed by atoms with Crippen molar-refractivity contribution >= 4 is 51.2 Å². The Balaban J connectivity index is 1.89. The Morgan fingerprint density at radius 2 is 1.94 bits per heavy atom. The van der Waals surface area contributed by atoms with Crippen LogP contribution in [0.4, 0.5) is 4.39 Å². The molecule has 1 aliphatic heterocycles. The third-order valence-electron chi connectivity index (χ3n) is 4.39. The summed E-state index contributed by atoms with van der Waals surface area (Å²) in [7, 11) is 1.48. The van der Waals surface area contributed by atoms with Gasteiger partial charge in [-0.15, -0.1) is 6.58 Å². The summed E-state index contributed by atoms with van der Waals surface area (Å²) in [6.45, 7) is 3.98. The number of thiocarbonyl (C=S) groups is 1. The molecule has 2 aromatic carbocycles. The van der Waals surface area contributed by atoms with E-state index in [0.29, 0.717) is 21.5 Å². The van der Waals surface area contributed by atoms with E-state index in [1.165, 1.54) is 36.3 Å². The number of hydrogen-bond donors (Lipinski definition) is 1. The third kappa shape index (κ3) is 5.18. The number of rotatable bonds is 7. The quantitative estimate of drug-likeness (QED) is 0.267. The van der Waals surface area contributed by atoms with Gasteiger partial charge in [0.05, 0.1) is 7.11 Å². The molecule has 6 nitrogen and oxygen atoms in total. The smallest absolute Gasteiger partial charge is 0.265 e. The van der Waals surface area contributed by atoms with Crippen LogP contribution in [0.5, 0.6) is 11.5 Å². The van der Waals surface area contributed by atoms with Crippen LogP contribution in [0.3, 0.4) is 0 Å². The maximum Gasteiger partial charge on any atom is 0.265 e. The summed E-state index contributed by atoms with van der Waals surface area (Å²) in [4.78, 5) is 26.3. The lowest BCUT2D eigenvalue weighted by Gasteiger charge is -2.27. The Labute approximate surface area is 192 Å². The van der Waals surface area contributed by atoms with Crippen LogP contribution in [-0.2, 0) is 16.2 Å². The molecule has 1 heterocycles. The Hall–Kier alpha value is -3.04. The molecule has 1 fully saturated rings. The first-order chi connectivity index (χ1) is 14.8. The minimum absolute atomic E-state index is 0.0354. The second kappa shape index (κ2) is 9.84. The first-order valence-electron chi connectivity index (χ1n) is 9.08. The Kier molecular flexibility index (Phi) is 7.19. The maximum absolute atomic E-state index is 13.1. The molecule has 1 N–H and O–H groups in total. The molecule has 2 aromatic rings. The number of amides is 2. The van der Waals surface area contributed by atoms with Crippen molar-refractivity contribution in [1.82, 2.24) is 10.2 Å². The van der Waals surface area contributed by atoms with Gasteiger partial charge >= 0.3 is 0 Å². The van der Waals surface area contributed by atoms with Gasteiger partial charge in [0.15, 0.2) is 16.6 Å². The monoisotopic (exact) mass is 504 g/mol. The highest BCUT2D eigenvalue weighted by Gasteiger charge is 2.32. The van der Waals surface area contributed by atoms with Gasteiger partial charge in [0, 0.05) is 11.0 Å². The van der Waals surface area contributed by atoms with Crippen molar-refractivity contribution in [1.29, 1.82) is 0 Å². The number of methoxy groups -OCH3 is 1. The van der Waals surface area contributed by atoms with Crippen molar-refractivity contribution in [3.63, 3.8) is 0 Å². The molecule has 3 rings (SSSR count). The number of hydrogen-bond acceptors (Lipinski definition) is 5. The van der Waals surface area contributed by atoms with Gasteiger partial charge in [-0.05, 0) is 53.7 Å². The van der Waals surface area contributed by atoms with Gasteiger partial charge in [0.1, 0.15) is 18.0 Å². The van der Waals surface area contributed by atoms with Gasteiger partial charge < -0.3 is 9.47 Å². The molecule has 1 aliphatic rings. The Morgan fingerprint density at radius 3 is 2.58 bits per heavy atom. The highest BCUT2D eigenvalue weighted by atomic mass is 79.9. The second-order valence-corrected chi connectivity index (χ2v) is 7.70. The van der Waals surface area contributed by atoms with Crippen molar-refractivity contribution < 1.29 is 23.5 Å². The molecule has 1 saturated heterocycles. The summed E-state index contributed by atoms with van der Waals surface area (Å²) >= 11 is 8.50. The van der Waals surface area contributed by atoms with E-state index < -0.39 is 11.8 Å². The predicted molar refractivity (Wildman–Crippen MR) is 122 cm³/mol. The normalized spacial score (nSPS) is 15.1. The molecule has 9 heteroatoms. The topological polar surface area (TPSA) is 67.9 Å². The van der Waals surface area contributed by atoms with Crippen LogP contribution in [0.25, 0.3) is 6.08 Å². The van der Waals surface area contributed by atoms with Crippen molar-refractivity contribution in [2.45, 2.75) is 6.61 Å². The number of nitrogens with zero attached hydrogens (tertiary/aromatic N) is 1. The van der Waals surface area contributed by atoms with E-state index in [4.69, 9.17) is 21.7 Å². The van der Waals surface area contributed by atoms with E-state index in [-0.39, 0.29) is 29.7 Å². The highest BCUT2D eigenvalue weighted by Crippen LogP contribution is 2.35. The molecular weight excluding hydrogens is 487 g/mol. The lowest BCUT2D eigenvalue weighted by atomic mass is 10.1. The zero-order chi connectivity index (χ0) is 22.5. The minimum Gasteiger partial charge on any atom is -0.493 e. The van der Waals surface area contributed by atoms with Crippen LogP contribution in [0.2, 0.25) is 0 Å². The lowest BCUT2D eigenvalue weighted by Crippen LogP contribution is -2.53. The van der Waals surface area contributed by atoms with Gasteiger partial charge in [-0.3, -0.25) is 19.8 Å². The molecule has 0 saturated carbocycles. The van der Waals surface area contributed by atoms with Crippen molar-refractivity contribution in [2.75, 3.05) is 13.7 Å². The summed E-state index contributed by atoms with van der Waals surface area (Å²) in [6.07, 6.45) is 2.97. The van der Waals surface area contributed by atoms with Gasteiger partial charge in [0.25, 0.3) is 11.8 Å². The Morgan fingerprint density at radius 1 is 1.23 bits per heavy atom. The molecule has 160 valence electrons. The van der Waals surface area contributed by atoms with E-state index in [1.54, 1.807) is 24.3 Å². The van der Waals surface area contributed by atoms with Crippen LogP contribution >= 0.6 is 28.1 Å². The summed E-state index contributed by atoms with van der Waals surface area (Å²) in [5, 5.41) is 2.54. The summed E-state index contributed by atoms with van der Waals surface area (Å²) < 4.78 is 24.9. The van der Waals surface area contributed by atoms with Gasteiger partial charge in [-0.25, -0.2) is 4.39 Å². The fourth-order valence-corrected chi connectivity index (χ4v) is 3.51. The van der Waals surface area contributed by atoms with Crippen molar-refractivity contribution in [3.8, 4) is 11.5 Å². The fraction of sp³-hybridized carbons (Fsp3) is 0.136. The van der Waals surface area contributed by atoms with Crippen LogP contribution in [0.15, 0.2) is 59.1 Å². The van der Waals surface area contributed by atoms with E-state index in [9.17, 15) is 14.0 Å². The average molecular weight is 505 g/mol. The van der Waals surface area contributed by atoms with Crippen molar-refractivity contribution in [3.05, 3.63) is 76.0 Å². The predicted octanol–water partition coefficient (Wildman–Crippen LogP) is 3.99. The Bertz CT molecular complexity index is 1090. The zero-order valence-electron chi connectivity index (χ0n) is 16.5. The molecule has 0 bridgehead atoms. The number of carbonyl (C=O) groups excluding carboxylic acids is 2. The number of ether oxygens (including phenoxy) is 2. The molecule has 31 heavy (non-hydrogen) atoms. The standard InChI is InChI=1S/C22H18BrFN2O4S/c1-3-8-26-21(28)16(20(27)25-22(26)31)9-14-10-18(29-2)19(11-17(14)23)30-12-13-4-6-15(24)7-5-13/h3-7,9-11H,1,8,12H2,2H3,(H,25,27,31)/b16-9+. The molecule has 0 radical (unpaired) electrons. The van der Waals surface area contributed by atoms with Gasteiger partial charge in [-0.2, -0.15) is 0 Å². The SMILES string of the molecule is C=CCN1C(=O)/C(=C/c2cc(OC)c(OCc3ccc(F)cc3)cc2Br)C(=O)NC1=S. The van der Waals surface area contributed by atoms with E-state index in [1.807, 2.05) is 0 Å². The summed E-state index contributed by atoms with van der Waals surface area (Å²) in [6, 6.07) is 9.28. The molecular formula is C22H18BrFN2O4S. The molecule has 0 aromatic heterocycles. The fourth-order valence-electron chi connectivity index (χ4n) is 2.82. The van der Waals surface area contributed by atoms with Crippen molar-refractivity contribution in [2.24, 2.45) is 0 Å². The maximum atomic E-state index is 13.1. The number of halogens is 2. The molecule has 0 atom stereocenters. The van der Waals surface area contributed by atoms with Crippen LogP contribution in [-0.4, -0.2) is 35.5 Å². The molecule has 0 spiro atoms. The average Bonchev–Trinajstić information content (AvgIpc) is 2.74. The van der Waals surface area contributed by atoms with Crippen LogP contribution in [0, 0.1) is 5.82 Å². The van der Waals surface area contributed by atoms with Gasteiger partial charge in [0.2, 0.25) is 0 Å². The molecule has 0 unspecified atom stereocenters. The number of nitrogens with one attached hydrogen (secondary N) is 1. The second-order valence-electron chi connectivity index (χ2n) is 6.46. The first-order valence-corrected chi connectivity index (χ1v) is 10.3. The molecule has 2 amide bonds. The van der Waals surface area contributed by atoms with Crippen LogP contribution in [0.1, 0.15) is 11.1 Å². The van der Waals surface area contributed by atoms with E-state index in [0.717, 1.165) is 5.56 Å².